The van der Waals surface area contributed by atoms with E-state index in [0.717, 1.165) is 6.04 Å². The van der Waals surface area contributed by atoms with Crippen molar-refractivity contribution in [2.45, 2.75) is 13.0 Å². The van der Waals surface area contributed by atoms with E-state index in [1.807, 2.05) is 11.8 Å². The topological polar surface area (TPSA) is 37.3 Å². The van der Waals surface area contributed by atoms with E-state index in [1.165, 1.54) is 0 Å². The second-order valence-electron chi connectivity index (χ2n) is 2.06. The first-order valence-corrected chi connectivity index (χ1v) is 5.01. The fourth-order valence-corrected chi connectivity index (χ4v) is 1.52. The highest BCUT2D eigenvalue weighted by molar-refractivity contribution is 6.43. The van der Waals surface area contributed by atoms with Crippen molar-refractivity contribution < 1.29 is 9.90 Å². The van der Waals surface area contributed by atoms with Gasteiger partial charge in [0.15, 0.2) is 0 Å². The molecule has 0 heterocycles. The highest BCUT2D eigenvalue weighted by atomic mass is 28.2. The van der Waals surface area contributed by atoms with E-state index in [2.05, 4.69) is 6.58 Å². The van der Waals surface area contributed by atoms with Crippen LogP contribution in [0.15, 0.2) is 23.9 Å². The molecule has 0 bridgehead atoms. The Labute approximate surface area is 63.1 Å². The van der Waals surface area contributed by atoms with E-state index < -0.39 is 5.97 Å². The van der Waals surface area contributed by atoms with Crippen LogP contribution in [0.4, 0.5) is 0 Å². The molecule has 0 aliphatic rings. The van der Waals surface area contributed by atoms with Crippen LogP contribution in [-0.2, 0) is 4.79 Å². The molecule has 0 fully saturated rings. The van der Waals surface area contributed by atoms with E-state index >= 15 is 0 Å². The molecule has 1 N–H and O–H groups in total. The number of carbonyl (C=O) groups is 1. The molecule has 0 rings (SSSR count). The number of rotatable bonds is 4. The average molecular weight is 156 g/mol. The van der Waals surface area contributed by atoms with Crippen molar-refractivity contribution in [2.24, 2.45) is 0 Å². The molecule has 0 aromatic heterocycles. The van der Waals surface area contributed by atoms with Crippen LogP contribution in [-0.4, -0.2) is 20.6 Å². The van der Waals surface area contributed by atoms with Crippen LogP contribution in [0.25, 0.3) is 0 Å². The van der Waals surface area contributed by atoms with Gasteiger partial charge in [-0.15, -0.1) is 6.58 Å². The van der Waals surface area contributed by atoms with Crippen LogP contribution in [0, 0.1) is 0 Å². The largest absolute Gasteiger partial charge is 0.478 e. The lowest BCUT2D eigenvalue weighted by Gasteiger charge is -1.89. The molecule has 3 heteroatoms. The maximum Gasteiger partial charge on any atom is 0.330 e. The standard InChI is InChI=1S/C7H12O2Si/c1-3-4-10-5-6(2)7(8)9/h3,5H,1,4,10H2,2H3,(H,8,9). The van der Waals surface area contributed by atoms with Crippen molar-refractivity contribution in [3.8, 4) is 0 Å². The first-order valence-electron chi connectivity index (χ1n) is 3.19. The lowest BCUT2D eigenvalue weighted by Crippen LogP contribution is -1.97. The molecule has 10 heavy (non-hydrogen) atoms. The van der Waals surface area contributed by atoms with Gasteiger partial charge in [-0.2, -0.15) is 0 Å². The van der Waals surface area contributed by atoms with E-state index in [1.54, 1.807) is 6.92 Å². The molecule has 0 unspecified atom stereocenters. The minimum absolute atomic E-state index is 0.340. The Morgan fingerprint density at radius 3 is 2.80 bits per heavy atom. The predicted molar refractivity (Wildman–Crippen MR) is 44.9 cm³/mol. The first kappa shape index (κ1) is 9.17. The van der Waals surface area contributed by atoms with Gasteiger partial charge in [-0.05, 0) is 13.0 Å². The summed E-state index contributed by atoms with van der Waals surface area (Å²) in [6.07, 6.45) is 1.83. The number of allylic oxidation sites excluding steroid dienone is 1. The highest BCUT2D eigenvalue weighted by Gasteiger charge is 1.96. The van der Waals surface area contributed by atoms with Crippen molar-refractivity contribution in [1.29, 1.82) is 0 Å². The molecule has 56 valence electrons. The highest BCUT2D eigenvalue weighted by Crippen LogP contribution is 1.91. The molecular formula is C7H12O2Si. The fourth-order valence-electron chi connectivity index (χ4n) is 0.505. The van der Waals surface area contributed by atoms with E-state index in [4.69, 9.17) is 5.11 Å². The number of carboxylic acids is 1. The van der Waals surface area contributed by atoms with Gasteiger partial charge in [-0.3, -0.25) is 0 Å². The second-order valence-corrected chi connectivity index (χ2v) is 3.62. The van der Waals surface area contributed by atoms with Crippen LogP contribution in [0.5, 0.6) is 0 Å². The summed E-state index contributed by atoms with van der Waals surface area (Å²) in [5, 5.41) is 8.41. The minimum Gasteiger partial charge on any atom is -0.478 e. The Balaban J connectivity index is 3.68. The molecule has 0 saturated heterocycles. The van der Waals surface area contributed by atoms with Crippen LogP contribution in [0.2, 0.25) is 6.04 Å². The second kappa shape index (κ2) is 4.99. The molecule has 0 spiro atoms. The molecule has 0 aromatic rings. The third-order valence-corrected chi connectivity index (χ3v) is 2.80. The number of carboxylic acid groups (broad SMARTS) is 1. The first-order chi connectivity index (χ1) is 4.68. The monoisotopic (exact) mass is 156 g/mol. The molecule has 0 aromatic carbocycles. The van der Waals surface area contributed by atoms with Crippen molar-refractivity contribution >= 4 is 15.5 Å². The van der Waals surface area contributed by atoms with Crippen LogP contribution in [0.3, 0.4) is 0 Å². The van der Waals surface area contributed by atoms with Gasteiger partial charge in [0.05, 0.1) is 0 Å². The summed E-state index contributed by atoms with van der Waals surface area (Å²) in [7, 11) is -0.340. The van der Waals surface area contributed by atoms with Gasteiger partial charge in [0.1, 0.15) is 0 Å². The van der Waals surface area contributed by atoms with Crippen LogP contribution in [0.1, 0.15) is 6.92 Å². The zero-order valence-corrected chi connectivity index (χ0v) is 7.55. The summed E-state index contributed by atoms with van der Waals surface area (Å²) in [5.74, 6) is -0.809. The lowest BCUT2D eigenvalue weighted by molar-refractivity contribution is -0.132. The Hall–Kier alpha value is -0.833. The summed E-state index contributed by atoms with van der Waals surface area (Å²) in [4.78, 5) is 10.2. The van der Waals surface area contributed by atoms with Gasteiger partial charge in [-0.1, -0.05) is 11.8 Å². The van der Waals surface area contributed by atoms with Gasteiger partial charge in [0, 0.05) is 15.1 Å². The maximum atomic E-state index is 10.2. The zero-order valence-electron chi connectivity index (χ0n) is 6.13. The molecular weight excluding hydrogens is 144 g/mol. The van der Waals surface area contributed by atoms with Gasteiger partial charge in [0.2, 0.25) is 0 Å². The molecule has 0 aliphatic heterocycles. The average Bonchev–Trinajstić information content (AvgIpc) is 1.88. The maximum absolute atomic E-state index is 10.2. The fraction of sp³-hybridized carbons (Fsp3) is 0.286. The normalized spacial score (nSPS) is 12.3. The van der Waals surface area contributed by atoms with Crippen LogP contribution < -0.4 is 0 Å². The minimum atomic E-state index is -0.809. The quantitative estimate of drug-likeness (QED) is 0.282. The Bertz CT molecular complexity index is 161. The summed E-state index contributed by atoms with van der Waals surface area (Å²) < 4.78 is 0. The Kier molecular flexibility index (Phi) is 4.58. The SMILES string of the molecule is C=CC[SiH2]C=C(C)C(=O)O. The molecule has 0 atom stereocenters. The molecule has 0 aliphatic carbocycles. The van der Waals surface area contributed by atoms with Crippen molar-refractivity contribution in [2.75, 3.05) is 0 Å². The third-order valence-electron chi connectivity index (χ3n) is 1.16. The lowest BCUT2D eigenvalue weighted by atomic mass is 10.4. The van der Waals surface area contributed by atoms with E-state index in [9.17, 15) is 4.79 Å². The molecule has 0 saturated carbocycles. The zero-order chi connectivity index (χ0) is 7.98. The number of hydrogen-bond acceptors (Lipinski definition) is 1. The van der Waals surface area contributed by atoms with Crippen molar-refractivity contribution in [3.05, 3.63) is 23.9 Å². The summed E-state index contributed by atoms with van der Waals surface area (Å²) in [6, 6.07) is 0.977. The summed E-state index contributed by atoms with van der Waals surface area (Å²) >= 11 is 0. The Morgan fingerprint density at radius 1 is 1.80 bits per heavy atom. The molecule has 0 radical (unpaired) electrons. The van der Waals surface area contributed by atoms with E-state index in [-0.39, 0.29) is 9.52 Å². The molecule has 2 nitrogen and oxygen atoms in total. The summed E-state index contributed by atoms with van der Waals surface area (Å²) in [6.45, 7) is 5.18. The molecule has 0 amide bonds. The van der Waals surface area contributed by atoms with Gasteiger partial charge >= 0.3 is 5.97 Å². The van der Waals surface area contributed by atoms with Gasteiger partial charge in [0.25, 0.3) is 0 Å². The summed E-state index contributed by atoms with van der Waals surface area (Å²) in [5.41, 5.74) is 2.30. The van der Waals surface area contributed by atoms with Gasteiger partial charge < -0.3 is 5.11 Å². The van der Waals surface area contributed by atoms with Crippen molar-refractivity contribution in [3.63, 3.8) is 0 Å². The Morgan fingerprint density at radius 2 is 2.40 bits per heavy atom. The van der Waals surface area contributed by atoms with Crippen molar-refractivity contribution in [1.82, 2.24) is 0 Å². The third kappa shape index (κ3) is 4.09. The van der Waals surface area contributed by atoms with Gasteiger partial charge in [-0.25, -0.2) is 4.79 Å². The van der Waals surface area contributed by atoms with E-state index in [0.29, 0.717) is 5.57 Å². The smallest absolute Gasteiger partial charge is 0.330 e. The predicted octanol–water partition coefficient (Wildman–Crippen LogP) is 0.748. The number of hydrogen-bond donors (Lipinski definition) is 1. The number of aliphatic carboxylic acids is 1. The van der Waals surface area contributed by atoms with Crippen LogP contribution >= 0.6 is 0 Å².